The highest BCUT2D eigenvalue weighted by Crippen LogP contribution is 2.44. The van der Waals surface area contributed by atoms with Crippen molar-refractivity contribution in [2.75, 3.05) is 0 Å². The Morgan fingerprint density at radius 2 is 2.35 bits per heavy atom. The number of aromatic carboxylic acids is 1. The molecule has 0 aliphatic heterocycles. The molecule has 88 valence electrons. The Bertz CT molecular complexity index is 583. The van der Waals surface area contributed by atoms with Crippen molar-refractivity contribution in [2.24, 2.45) is 7.05 Å². The molecule has 1 aliphatic carbocycles. The number of aromatic nitrogens is 3. The number of carbonyl (C=O) groups is 1. The molecule has 6 heteroatoms. The maximum atomic E-state index is 11.2. The van der Waals surface area contributed by atoms with Crippen LogP contribution in [0.25, 0.3) is 10.6 Å². The fourth-order valence-corrected chi connectivity index (χ4v) is 2.74. The van der Waals surface area contributed by atoms with Gasteiger partial charge in [-0.2, -0.15) is 5.10 Å². The standard InChI is InChI=1S/C11H11N3O2S/c1-14-5-7(4-12-14)10-13-8(6-2-3-6)9(17-10)11(15)16/h4-6H,2-3H2,1H3,(H,15,16). The molecule has 1 fully saturated rings. The highest BCUT2D eigenvalue weighted by atomic mass is 32.1. The van der Waals surface area contributed by atoms with Crippen LogP contribution in [0.15, 0.2) is 12.4 Å². The Balaban J connectivity index is 2.06. The summed E-state index contributed by atoms with van der Waals surface area (Å²) in [6.07, 6.45) is 5.66. The lowest BCUT2D eigenvalue weighted by Gasteiger charge is -1.91. The molecule has 2 heterocycles. The van der Waals surface area contributed by atoms with E-state index in [2.05, 4.69) is 10.1 Å². The molecule has 0 radical (unpaired) electrons. The van der Waals surface area contributed by atoms with Crippen LogP contribution in [0, 0.1) is 0 Å². The zero-order valence-corrected chi connectivity index (χ0v) is 10.1. The average molecular weight is 249 g/mol. The predicted octanol–water partition coefficient (Wildman–Crippen LogP) is 2.12. The van der Waals surface area contributed by atoms with Crippen molar-refractivity contribution in [3.8, 4) is 10.6 Å². The molecule has 3 rings (SSSR count). The normalized spacial score (nSPS) is 15.1. The third kappa shape index (κ3) is 1.84. The predicted molar refractivity (Wildman–Crippen MR) is 63.3 cm³/mol. The van der Waals surface area contributed by atoms with E-state index in [0.717, 1.165) is 29.1 Å². The number of hydrogen-bond donors (Lipinski definition) is 1. The second-order valence-corrected chi connectivity index (χ2v) is 5.21. The summed E-state index contributed by atoms with van der Waals surface area (Å²) in [4.78, 5) is 16.0. The zero-order chi connectivity index (χ0) is 12.0. The Kier molecular flexibility index (Phi) is 2.25. The minimum absolute atomic E-state index is 0.350. The molecule has 0 saturated heterocycles. The van der Waals surface area contributed by atoms with Gasteiger partial charge in [-0.15, -0.1) is 11.3 Å². The maximum Gasteiger partial charge on any atom is 0.347 e. The summed E-state index contributed by atoms with van der Waals surface area (Å²) in [5.74, 6) is -0.526. The number of carboxylic acid groups (broad SMARTS) is 1. The van der Waals surface area contributed by atoms with Crippen LogP contribution in [0.2, 0.25) is 0 Å². The lowest BCUT2D eigenvalue weighted by atomic mass is 10.2. The lowest BCUT2D eigenvalue weighted by Crippen LogP contribution is -1.97. The average Bonchev–Trinajstić information content (AvgIpc) is 2.87. The Labute approximate surface area is 102 Å². The summed E-state index contributed by atoms with van der Waals surface area (Å²) in [6.45, 7) is 0. The number of rotatable bonds is 3. The molecule has 17 heavy (non-hydrogen) atoms. The number of aryl methyl sites for hydroxylation is 1. The van der Waals surface area contributed by atoms with Gasteiger partial charge in [-0.05, 0) is 12.8 Å². The van der Waals surface area contributed by atoms with Crippen LogP contribution >= 0.6 is 11.3 Å². The second kappa shape index (κ2) is 3.66. The minimum atomic E-state index is -0.875. The fourth-order valence-electron chi connectivity index (χ4n) is 1.77. The van der Waals surface area contributed by atoms with Crippen molar-refractivity contribution < 1.29 is 9.90 Å². The first-order chi connectivity index (χ1) is 8.15. The van der Waals surface area contributed by atoms with E-state index in [0.29, 0.717) is 10.8 Å². The highest BCUT2D eigenvalue weighted by Gasteiger charge is 2.32. The van der Waals surface area contributed by atoms with E-state index >= 15 is 0 Å². The van der Waals surface area contributed by atoms with Crippen molar-refractivity contribution in [1.29, 1.82) is 0 Å². The molecule has 0 spiro atoms. The van der Waals surface area contributed by atoms with Crippen molar-refractivity contribution in [1.82, 2.24) is 14.8 Å². The quantitative estimate of drug-likeness (QED) is 0.904. The van der Waals surface area contributed by atoms with Crippen LogP contribution in [-0.4, -0.2) is 25.8 Å². The minimum Gasteiger partial charge on any atom is -0.477 e. The summed E-state index contributed by atoms with van der Waals surface area (Å²) in [6, 6.07) is 0. The van der Waals surface area contributed by atoms with Gasteiger partial charge in [0.2, 0.25) is 0 Å². The number of thiazole rings is 1. The number of carboxylic acids is 1. The van der Waals surface area contributed by atoms with Gasteiger partial charge in [-0.25, -0.2) is 9.78 Å². The fraction of sp³-hybridized carbons (Fsp3) is 0.364. The van der Waals surface area contributed by atoms with Crippen LogP contribution in [-0.2, 0) is 7.05 Å². The van der Waals surface area contributed by atoms with Gasteiger partial charge in [-0.3, -0.25) is 4.68 Å². The summed E-state index contributed by atoms with van der Waals surface area (Å²) in [5, 5.41) is 14.0. The molecule has 2 aromatic heterocycles. The molecular weight excluding hydrogens is 238 g/mol. The van der Waals surface area contributed by atoms with Crippen molar-refractivity contribution in [3.05, 3.63) is 23.0 Å². The Morgan fingerprint density at radius 3 is 2.88 bits per heavy atom. The van der Waals surface area contributed by atoms with Crippen LogP contribution < -0.4 is 0 Å². The van der Waals surface area contributed by atoms with Gasteiger partial charge in [0.1, 0.15) is 9.88 Å². The van der Waals surface area contributed by atoms with Crippen molar-refractivity contribution in [2.45, 2.75) is 18.8 Å². The first-order valence-corrected chi connectivity index (χ1v) is 6.20. The summed E-state index contributed by atoms with van der Waals surface area (Å²) >= 11 is 1.24. The van der Waals surface area contributed by atoms with Gasteiger partial charge in [0.25, 0.3) is 0 Å². The van der Waals surface area contributed by atoms with Gasteiger partial charge < -0.3 is 5.11 Å². The van der Waals surface area contributed by atoms with Gasteiger partial charge >= 0.3 is 5.97 Å². The topological polar surface area (TPSA) is 68.0 Å². The summed E-state index contributed by atoms with van der Waals surface area (Å²) in [5.41, 5.74) is 1.63. The van der Waals surface area contributed by atoms with Crippen LogP contribution in [0.3, 0.4) is 0 Å². The van der Waals surface area contributed by atoms with Crippen molar-refractivity contribution in [3.63, 3.8) is 0 Å². The van der Waals surface area contributed by atoms with E-state index in [1.165, 1.54) is 11.3 Å². The van der Waals surface area contributed by atoms with E-state index in [-0.39, 0.29) is 0 Å². The molecule has 0 atom stereocenters. The Morgan fingerprint density at radius 1 is 1.59 bits per heavy atom. The number of nitrogens with zero attached hydrogens (tertiary/aromatic N) is 3. The van der Waals surface area contributed by atoms with E-state index in [1.807, 2.05) is 13.2 Å². The highest BCUT2D eigenvalue weighted by molar-refractivity contribution is 7.17. The Hall–Kier alpha value is -1.69. The van der Waals surface area contributed by atoms with E-state index in [1.54, 1.807) is 10.9 Å². The summed E-state index contributed by atoms with van der Waals surface area (Å²) in [7, 11) is 1.83. The molecule has 0 unspecified atom stereocenters. The zero-order valence-electron chi connectivity index (χ0n) is 9.25. The molecule has 1 N–H and O–H groups in total. The molecule has 1 aliphatic rings. The lowest BCUT2D eigenvalue weighted by molar-refractivity contribution is 0.0700. The molecular formula is C11H11N3O2S. The van der Waals surface area contributed by atoms with E-state index in [9.17, 15) is 4.79 Å². The van der Waals surface area contributed by atoms with Crippen LogP contribution in [0.1, 0.15) is 34.1 Å². The van der Waals surface area contributed by atoms with Gasteiger partial charge in [0.15, 0.2) is 0 Å². The SMILES string of the molecule is Cn1cc(-c2nc(C3CC3)c(C(=O)O)s2)cn1. The molecule has 2 aromatic rings. The molecule has 1 saturated carbocycles. The second-order valence-electron chi connectivity index (χ2n) is 4.22. The van der Waals surface area contributed by atoms with Crippen molar-refractivity contribution >= 4 is 17.3 Å². The van der Waals surface area contributed by atoms with Gasteiger partial charge in [-0.1, -0.05) is 0 Å². The molecule has 5 nitrogen and oxygen atoms in total. The molecule has 0 amide bonds. The van der Waals surface area contributed by atoms with Crippen LogP contribution in [0.5, 0.6) is 0 Å². The van der Waals surface area contributed by atoms with E-state index < -0.39 is 5.97 Å². The largest absolute Gasteiger partial charge is 0.477 e. The smallest absolute Gasteiger partial charge is 0.347 e. The monoisotopic (exact) mass is 249 g/mol. The first-order valence-electron chi connectivity index (χ1n) is 5.38. The molecule has 0 bridgehead atoms. The third-order valence-corrected chi connectivity index (χ3v) is 3.87. The van der Waals surface area contributed by atoms with Crippen LogP contribution in [0.4, 0.5) is 0 Å². The molecule has 0 aromatic carbocycles. The van der Waals surface area contributed by atoms with Gasteiger partial charge in [0.05, 0.1) is 11.9 Å². The number of hydrogen-bond acceptors (Lipinski definition) is 4. The first kappa shape index (κ1) is 10.5. The maximum absolute atomic E-state index is 11.2. The van der Waals surface area contributed by atoms with E-state index in [4.69, 9.17) is 5.11 Å². The van der Waals surface area contributed by atoms with Gasteiger partial charge in [0, 0.05) is 24.7 Å². The third-order valence-electron chi connectivity index (χ3n) is 2.76. The summed E-state index contributed by atoms with van der Waals surface area (Å²) < 4.78 is 1.69.